The van der Waals surface area contributed by atoms with Gasteiger partial charge in [0.2, 0.25) is 0 Å². The molecule has 0 bridgehead atoms. The maximum Gasteiger partial charge on any atom is 0.161 e. The second kappa shape index (κ2) is 11.3. The Balaban J connectivity index is 1.33. The van der Waals surface area contributed by atoms with Gasteiger partial charge in [0, 0.05) is 19.3 Å². The van der Waals surface area contributed by atoms with Gasteiger partial charge in [0.15, 0.2) is 11.5 Å². The van der Waals surface area contributed by atoms with E-state index in [1.807, 2.05) is 67.3 Å². The summed E-state index contributed by atoms with van der Waals surface area (Å²) in [4.78, 5) is 2.25. The molecule has 3 aromatic rings. The molecule has 7 nitrogen and oxygen atoms in total. The quantitative estimate of drug-likeness (QED) is 0.438. The lowest BCUT2D eigenvalue weighted by Gasteiger charge is -2.39. The Morgan fingerprint density at radius 2 is 1.91 bits per heavy atom. The Hall–Kier alpha value is -2.74. The number of β-amino-alcohol motifs (C(OH)–C–C–N with tert-alkyl or cyclic N) is 1. The number of aliphatic hydroxyl groups is 1. The fourth-order valence-corrected chi connectivity index (χ4v) is 4.59. The number of hydrogen-bond donors (Lipinski definition) is 1. The first kappa shape index (κ1) is 25.4. The van der Waals surface area contributed by atoms with Crippen LogP contribution in [0.1, 0.15) is 29.5 Å². The fourth-order valence-electron chi connectivity index (χ4n) is 4.42. The molecule has 0 spiro atoms. The van der Waals surface area contributed by atoms with Crippen molar-refractivity contribution in [3.8, 4) is 17.2 Å². The van der Waals surface area contributed by atoms with Crippen LogP contribution in [0.5, 0.6) is 17.2 Å². The van der Waals surface area contributed by atoms with Crippen molar-refractivity contribution in [3.63, 3.8) is 0 Å². The summed E-state index contributed by atoms with van der Waals surface area (Å²) in [5, 5.41) is 16.1. The van der Waals surface area contributed by atoms with E-state index >= 15 is 0 Å². The number of rotatable bonds is 10. The van der Waals surface area contributed by atoms with E-state index in [1.165, 1.54) is 0 Å². The van der Waals surface area contributed by atoms with E-state index in [0.717, 1.165) is 29.7 Å². The Bertz CT molecular complexity index is 1140. The second-order valence-corrected chi connectivity index (χ2v) is 9.78. The van der Waals surface area contributed by atoms with Crippen LogP contribution in [0.3, 0.4) is 0 Å². The molecule has 2 aromatic carbocycles. The summed E-state index contributed by atoms with van der Waals surface area (Å²) in [6.45, 7) is 7.53. The fraction of sp³-hybridized carbons (Fsp3) is 0.444. The van der Waals surface area contributed by atoms with Crippen molar-refractivity contribution in [1.29, 1.82) is 0 Å². The predicted molar refractivity (Wildman–Crippen MR) is 137 cm³/mol. The van der Waals surface area contributed by atoms with Crippen LogP contribution in [0.4, 0.5) is 0 Å². The lowest BCUT2D eigenvalue weighted by atomic mass is 9.93. The zero-order valence-corrected chi connectivity index (χ0v) is 21.4. The van der Waals surface area contributed by atoms with Crippen LogP contribution in [0, 0.1) is 13.8 Å². The lowest BCUT2D eigenvalue weighted by Crippen LogP contribution is -2.51. The van der Waals surface area contributed by atoms with Gasteiger partial charge in [-0.25, -0.2) is 0 Å². The first-order chi connectivity index (χ1) is 16.8. The van der Waals surface area contributed by atoms with Crippen LogP contribution in [-0.2, 0) is 13.1 Å². The average molecular weight is 500 g/mol. The Labute approximate surface area is 212 Å². The number of likely N-dealkylation sites (tertiary alicyclic amines) is 1. The van der Waals surface area contributed by atoms with Gasteiger partial charge in [0.1, 0.15) is 24.6 Å². The highest BCUT2D eigenvalue weighted by atomic mass is 35.5. The highest BCUT2D eigenvalue weighted by Gasteiger charge is 2.34. The standard InChI is InChI=1S/C27H34ClN3O4/c1-20-5-7-23(28)25(13-20)35-19-27(32)9-4-10-30(18-27)17-22-6-8-24(26(14-22)33-3)34-12-11-31-16-21(2)15-29-31/h5-8,13-16,32H,4,9-12,17-19H2,1-3H3. The molecule has 1 aromatic heterocycles. The van der Waals surface area contributed by atoms with Crippen LogP contribution < -0.4 is 14.2 Å². The molecule has 188 valence electrons. The lowest BCUT2D eigenvalue weighted by molar-refractivity contribution is -0.0621. The number of hydrogen-bond acceptors (Lipinski definition) is 6. The van der Waals surface area contributed by atoms with Crippen LogP contribution in [0.2, 0.25) is 5.02 Å². The highest BCUT2D eigenvalue weighted by Crippen LogP contribution is 2.31. The average Bonchev–Trinajstić information content (AvgIpc) is 3.25. The number of piperidine rings is 1. The summed E-state index contributed by atoms with van der Waals surface area (Å²) in [5.41, 5.74) is 2.37. The van der Waals surface area contributed by atoms with Crippen molar-refractivity contribution in [2.24, 2.45) is 0 Å². The molecular formula is C27H34ClN3O4. The molecule has 0 saturated carbocycles. The molecule has 0 aliphatic carbocycles. The maximum absolute atomic E-state index is 11.2. The number of aryl methyl sites for hydroxylation is 2. The van der Waals surface area contributed by atoms with Crippen molar-refractivity contribution in [2.75, 3.05) is 33.4 Å². The van der Waals surface area contributed by atoms with Gasteiger partial charge in [-0.2, -0.15) is 5.10 Å². The van der Waals surface area contributed by atoms with E-state index < -0.39 is 5.60 Å². The van der Waals surface area contributed by atoms with Gasteiger partial charge in [-0.15, -0.1) is 0 Å². The predicted octanol–water partition coefficient (Wildman–Crippen LogP) is 4.65. The minimum atomic E-state index is -0.927. The molecule has 0 amide bonds. The van der Waals surface area contributed by atoms with Crippen LogP contribution >= 0.6 is 11.6 Å². The van der Waals surface area contributed by atoms with Crippen molar-refractivity contribution < 1.29 is 19.3 Å². The molecule has 1 saturated heterocycles. The summed E-state index contributed by atoms with van der Waals surface area (Å²) in [6, 6.07) is 11.7. The van der Waals surface area contributed by atoms with Gasteiger partial charge in [0.25, 0.3) is 0 Å². The van der Waals surface area contributed by atoms with Gasteiger partial charge in [-0.1, -0.05) is 23.7 Å². The SMILES string of the molecule is COc1cc(CN2CCCC(O)(COc3cc(C)ccc3Cl)C2)ccc1OCCn1cc(C)cn1. The first-order valence-electron chi connectivity index (χ1n) is 12.0. The van der Waals surface area contributed by atoms with Crippen molar-refractivity contribution >= 4 is 11.6 Å². The van der Waals surface area contributed by atoms with E-state index in [1.54, 1.807) is 7.11 Å². The van der Waals surface area contributed by atoms with E-state index in [0.29, 0.717) is 54.9 Å². The molecule has 1 fully saturated rings. The first-order valence-corrected chi connectivity index (χ1v) is 12.3. The Morgan fingerprint density at radius 1 is 1.06 bits per heavy atom. The zero-order chi connectivity index (χ0) is 24.8. The summed E-state index contributed by atoms with van der Waals surface area (Å²) in [7, 11) is 1.65. The Morgan fingerprint density at radius 3 is 2.69 bits per heavy atom. The Kier molecular flexibility index (Phi) is 8.21. The number of ether oxygens (including phenoxy) is 3. The molecule has 1 aliphatic heterocycles. The number of benzene rings is 2. The molecule has 4 rings (SSSR count). The minimum absolute atomic E-state index is 0.207. The minimum Gasteiger partial charge on any atom is -0.493 e. The van der Waals surface area contributed by atoms with Crippen molar-refractivity contribution in [1.82, 2.24) is 14.7 Å². The molecule has 8 heteroatoms. The summed E-state index contributed by atoms with van der Waals surface area (Å²) < 4.78 is 19.3. The molecule has 35 heavy (non-hydrogen) atoms. The molecular weight excluding hydrogens is 466 g/mol. The molecule has 1 aliphatic rings. The molecule has 1 atom stereocenters. The smallest absolute Gasteiger partial charge is 0.161 e. The number of halogens is 1. The summed E-state index contributed by atoms with van der Waals surface area (Å²) in [5.74, 6) is 2.02. The molecule has 2 heterocycles. The second-order valence-electron chi connectivity index (χ2n) is 9.38. The van der Waals surface area contributed by atoms with Gasteiger partial charge >= 0.3 is 0 Å². The maximum atomic E-state index is 11.2. The third-order valence-electron chi connectivity index (χ3n) is 6.19. The van der Waals surface area contributed by atoms with Crippen LogP contribution in [0.15, 0.2) is 48.8 Å². The van der Waals surface area contributed by atoms with Crippen molar-refractivity contribution in [3.05, 3.63) is 70.5 Å². The van der Waals surface area contributed by atoms with Gasteiger partial charge < -0.3 is 19.3 Å². The molecule has 1 N–H and O–H groups in total. The topological polar surface area (TPSA) is 69.0 Å². The summed E-state index contributed by atoms with van der Waals surface area (Å²) in [6.07, 6.45) is 5.41. The van der Waals surface area contributed by atoms with Crippen molar-refractivity contribution in [2.45, 2.75) is 45.4 Å². The highest BCUT2D eigenvalue weighted by molar-refractivity contribution is 6.32. The van der Waals surface area contributed by atoms with Gasteiger partial charge in [0.05, 0.1) is 24.9 Å². The summed E-state index contributed by atoms with van der Waals surface area (Å²) >= 11 is 6.26. The zero-order valence-electron chi connectivity index (χ0n) is 20.7. The van der Waals surface area contributed by atoms with E-state index in [4.69, 9.17) is 25.8 Å². The largest absolute Gasteiger partial charge is 0.493 e. The third kappa shape index (κ3) is 6.90. The monoisotopic (exact) mass is 499 g/mol. The number of aromatic nitrogens is 2. The molecule has 0 radical (unpaired) electrons. The van der Waals surface area contributed by atoms with E-state index in [9.17, 15) is 5.11 Å². The van der Waals surface area contributed by atoms with Gasteiger partial charge in [-0.05, 0) is 74.2 Å². The number of nitrogens with zero attached hydrogens (tertiary/aromatic N) is 3. The van der Waals surface area contributed by atoms with E-state index in [-0.39, 0.29) is 6.61 Å². The normalized spacial score (nSPS) is 18.4. The van der Waals surface area contributed by atoms with E-state index in [2.05, 4.69) is 10.00 Å². The van der Waals surface area contributed by atoms with Gasteiger partial charge in [-0.3, -0.25) is 9.58 Å². The van der Waals surface area contributed by atoms with Crippen LogP contribution in [-0.4, -0.2) is 58.8 Å². The third-order valence-corrected chi connectivity index (χ3v) is 6.50. The molecule has 1 unspecified atom stereocenters. The number of methoxy groups -OCH3 is 1. The van der Waals surface area contributed by atoms with Crippen LogP contribution in [0.25, 0.3) is 0 Å².